The Bertz CT molecular complexity index is 529. The molecule has 104 valence electrons. The lowest BCUT2D eigenvalue weighted by atomic mass is 10.0. The van der Waals surface area contributed by atoms with Gasteiger partial charge in [0.1, 0.15) is 0 Å². The van der Waals surface area contributed by atoms with E-state index in [0.717, 1.165) is 32.9 Å². The van der Waals surface area contributed by atoms with Gasteiger partial charge in [0.05, 0.1) is 12.1 Å². The van der Waals surface area contributed by atoms with E-state index < -0.39 is 0 Å². The van der Waals surface area contributed by atoms with E-state index in [9.17, 15) is 5.21 Å². The van der Waals surface area contributed by atoms with Gasteiger partial charge < -0.3 is 5.21 Å². The molecule has 1 aliphatic heterocycles. The summed E-state index contributed by atoms with van der Waals surface area (Å²) >= 11 is 6.89. The Morgan fingerprint density at radius 2 is 1.10 bits per heavy atom. The fourth-order valence-corrected chi connectivity index (χ4v) is 3.33. The summed E-state index contributed by atoms with van der Waals surface area (Å²) in [6.45, 7) is 0. The van der Waals surface area contributed by atoms with Crippen LogP contribution in [0, 0.1) is 0 Å². The van der Waals surface area contributed by atoms with Crippen LogP contribution < -0.4 is 0 Å². The molecule has 0 aromatic heterocycles. The molecule has 1 N–H and O–H groups in total. The SMILES string of the molecule is ON1C(c2ccc(Br)cc2)CCC1c1ccc(Br)cc1. The van der Waals surface area contributed by atoms with Gasteiger partial charge in [0, 0.05) is 8.95 Å². The van der Waals surface area contributed by atoms with Gasteiger partial charge in [-0.1, -0.05) is 56.1 Å². The predicted molar refractivity (Wildman–Crippen MR) is 86.6 cm³/mol. The fourth-order valence-electron chi connectivity index (χ4n) is 2.81. The van der Waals surface area contributed by atoms with Crippen LogP contribution in [0.5, 0.6) is 0 Å². The molecule has 2 atom stereocenters. The molecule has 2 aromatic carbocycles. The molecule has 0 radical (unpaired) electrons. The minimum Gasteiger partial charge on any atom is -0.313 e. The molecule has 0 spiro atoms. The van der Waals surface area contributed by atoms with Crippen LogP contribution in [0.1, 0.15) is 36.1 Å². The first-order valence-electron chi connectivity index (χ1n) is 6.63. The van der Waals surface area contributed by atoms with Crippen molar-refractivity contribution in [2.75, 3.05) is 0 Å². The van der Waals surface area contributed by atoms with Crippen molar-refractivity contribution in [2.45, 2.75) is 24.9 Å². The number of nitrogens with zero attached hydrogens (tertiary/aromatic N) is 1. The zero-order valence-corrected chi connectivity index (χ0v) is 14.0. The van der Waals surface area contributed by atoms with E-state index in [-0.39, 0.29) is 12.1 Å². The average molecular weight is 397 g/mol. The number of halogens is 2. The molecule has 1 fully saturated rings. The minimum atomic E-state index is 0.0803. The third kappa shape index (κ3) is 2.84. The number of rotatable bonds is 2. The fraction of sp³-hybridized carbons (Fsp3) is 0.250. The van der Waals surface area contributed by atoms with Gasteiger partial charge in [-0.2, -0.15) is 5.06 Å². The van der Waals surface area contributed by atoms with Gasteiger partial charge >= 0.3 is 0 Å². The Morgan fingerprint density at radius 1 is 0.750 bits per heavy atom. The predicted octanol–water partition coefficient (Wildman–Crippen LogP) is 5.48. The highest BCUT2D eigenvalue weighted by molar-refractivity contribution is 9.10. The van der Waals surface area contributed by atoms with Crippen LogP contribution in [0.25, 0.3) is 0 Å². The number of hydrogen-bond donors (Lipinski definition) is 1. The standard InChI is InChI=1S/C16H15Br2NO/c17-13-5-1-11(2-6-13)15-9-10-16(19(15)20)12-3-7-14(18)8-4-12/h1-8,15-16,20H,9-10H2. The molecule has 2 nitrogen and oxygen atoms in total. The van der Waals surface area contributed by atoms with Gasteiger partial charge in [0.25, 0.3) is 0 Å². The Morgan fingerprint density at radius 3 is 1.45 bits per heavy atom. The lowest BCUT2D eigenvalue weighted by molar-refractivity contribution is -0.137. The molecule has 2 aromatic rings. The van der Waals surface area contributed by atoms with Crippen LogP contribution in [0.2, 0.25) is 0 Å². The van der Waals surface area contributed by atoms with Crippen LogP contribution in [0.3, 0.4) is 0 Å². The monoisotopic (exact) mass is 395 g/mol. The van der Waals surface area contributed by atoms with E-state index in [1.807, 2.05) is 24.3 Å². The zero-order chi connectivity index (χ0) is 14.1. The van der Waals surface area contributed by atoms with Crippen molar-refractivity contribution in [3.05, 3.63) is 68.6 Å². The van der Waals surface area contributed by atoms with Crippen molar-refractivity contribution in [3.63, 3.8) is 0 Å². The molecule has 3 rings (SSSR count). The molecule has 0 amide bonds. The number of benzene rings is 2. The summed E-state index contributed by atoms with van der Waals surface area (Å²) in [6.07, 6.45) is 1.94. The maximum Gasteiger partial charge on any atom is 0.0607 e. The van der Waals surface area contributed by atoms with Crippen molar-refractivity contribution in [3.8, 4) is 0 Å². The van der Waals surface area contributed by atoms with Crippen LogP contribution in [-0.2, 0) is 0 Å². The molecule has 0 bridgehead atoms. The smallest absolute Gasteiger partial charge is 0.0607 e. The van der Waals surface area contributed by atoms with Gasteiger partial charge in [0.15, 0.2) is 0 Å². The normalized spacial score (nSPS) is 23.1. The van der Waals surface area contributed by atoms with Gasteiger partial charge in [-0.05, 0) is 48.2 Å². The molecule has 1 heterocycles. The first kappa shape index (κ1) is 14.3. The first-order chi connectivity index (χ1) is 9.65. The van der Waals surface area contributed by atoms with Crippen molar-refractivity contribution in [2.24, 2.45) is 0 Å². The van der Waals surface area contributed by atoms with Crippen LogP contribution in [0.4, 0.5) is 0 Å². The van der Waals surface area contributed by atoms with Crippen LogP contribution >= 0.6 is 31.9 Å². The summed E-state index contributed by atoms with van der Waals surface area (Å²) in [5.41, 5.74) is 2.32. The topological polar surface area (TPSA) is 23.5 Å². The Balaban J connectivity index is 1.81. The third-order valence-electron chi connectivity index (χ3n) is 3.86. The van der Waals surface area contributed by atoms with E-state index in [0.29, 0.717) is 0 Å². The second-order valence-corrected chi connectivity index (χ2v) is 6.92. The summed E-state index contributed by atoms with van der Waals surface area (Å²) in [7, 11) is 0. The Kier molecular flexibility index (Phi) is 4.26. The highest BCUT2D eigenvalue weighted by Gasteiger charge is 2.34. The van der Waals surface area contributed by atoms with E-state index in [4.69, 9.17) is 0 Å². The Hall–Kier alpha value is -0.680. The molecule has 0 aliphatic carbocycles. The summed E-state index contributed by atoms with van der Waals surface area (Å²) in [5, 5.41) is 12.0. The van der Waals surface area contributed by atoms with E-state index >= 15 is 0 Å². The van der Waals surface area contributed by atoms with Crippen molar-refractivity contribution in [1.29, 1.82) is 0 Å². The van der Waals surface area contributed by atoms with Gasteiger partial charge in [-0.25, -0.2) is 0 Å². The number of hydrogen-bond acceptors (Lipinski definition) is 2. The summed E-state index contributed by atoms with van der Waals surface area (Å²) in [6, 6.07) is 16.5. The summed E-state index contributed by atoms with van der Waals surface area (Å²) in [4.78, 5) is 0. The molecule has 0 saturated carbocycles. The number of hydroxylamine groups is 2. The van der Waals surface area contributed by atoms with Crippen LogP contribution in [-0.4, -0.2) is 10.3 Å². The largest absolute Gasteiger partial charge is 0.313 e. The van der Waals surface area contributed by atoms with Crippen molar-refractivity contribution in [1.82, 2.24) is 5.06 Å². The Labute approximate surface area is 135 Å². The van der Waals surface area contributed by atoms with Crippen LogP contribution in [0.15, 0.2) is 57.5 Å². The highest BCUT2D eigenvalue weighted by Crippen LogP contribution is 2.42. The zero-order valence-electron chi connectivity index (χ0n) is 10.8. The molecule has 4 heteroatoms. The second kappa shape index (κ2) is 5.98. The van der Waals surface area contributed by atoms with Gasteiger partial charge in [0.2, 0.25) is 0 Å². The van der Waals surface area contributed by atoms with E-state index in [1.165, 1.54) is 5.06 Å². The summed E-state index contributed by atoms with van der Waals surface area (Å²) in [5.74, 6) is 0. The van der Waals surface area contributed by atoms with Gasteiger partial charge in [-0.15, -0.1) is 0 Å². The molecule has 2 unspecified atom stereocenters. The van der Waals surface area contributed by atoms with Crippen molar-refractivity contribution >= 4 is 31.9 Å². The molecular formula is C16H15Br2NO. The summed E-state index contributed by atoms with van der Waals surface area (Å²) < 4.78 is 2.13. The second-order valence-electron chi connectivity index (χ2n) is 5.09. The van der Waals surface area contributed by atoms with Crippen molar-refractivity contribution < 1.29 is 5.21 Å². The third-order valence-corrected chi connectivity index (χ3v) is 4.92. The maximum atomic E-state index is 10.5. The van der Waals surface area contributed by atoms with E-state index in [2.05, 4.69) is 56.1 Å². The highest BCUT2D eigenvalue weighted by atomic mass is 79.9. The lowest BCUT2D eigenvalue weighted by Crippen LogP contribution is -2.22. The van der Waals surface area contributed by atoms with E-state index in [1.54, 1.807) is 0 Å². The molecular weight excluding hydrogens is 382 g/mol. The van der Waals surface area contributed by atoms with Gasteiger partial charge in [-0.3, -0.25) is 0 Å². The lowest BCUT2D eigenvalue weighted by Gasteiger charge is -2.24. The minimum absolute atomic E-state index is 0.0803. The molecule has 20 heavy (non-hydrogen) atoms. The quantitative estimate of drug-likeness (QED) is 0.726. The molecule has 1 saturated heterocycles. The maximum absolute atomic E-state index is 10.5. The molecule has 1 aliphatic rings. The first-order valence-corrected chi connectivity index (χ1v) is 8.22. The average Bonchev–Trinajstić information content (AvgIpc) is 2.83.